The van der Waals surface area contributed by atoms with Crippen molar-refractivity contribution in [3.8, 4) is 0 Å². The minimum Gasteiger partial charge on any atom is -0.390 e. The van der Waals surface area contributed by atoms with Crippen LogP contribution >= 0.6 is 0 Å². The second-order valence-corrected chi connectivity index (χ2v) is 6.79. The van der Waals surface area contributed by atoms with Crippen LogP contribution in [0.2, 0.25) is 0 Å². The summed E-state index contributed by atoms with van der Waals surface area (Å²) in [6, 6.07) is 2.43. The normalized spacial score (nSPS) is 25.1. The smallest absolute Gasteiger partial charge is 0.159 e. The van der Waals surface area contributed by atoms with Crippen molar-refractivity contribution in [3.63, 3.8) is 0 Å². The number of aliphatic hydroxyl groups is 1. The Morgan fingerprint density at radius 1 is 1.21 bits per heavy atom. The molecule has 0 amide bonds. The van der Waals surface area contributed by atoms with Crippen molar-refractivity contribution >= 4 is 5.65 Å². The fraction of sp³-hybridized carbons (Fsp3) is 0.647. The summed E-state index contributed by atoms with van der Waals surface area (Å²) in [7, 11) is 0. The maximum absolute atomic E-state index is 10.5. The van der Waals surface area contributed by atoms with Crippen molar-refractivity contribution in [2.24, 2.45) is 0 Å². The summed E-state index contributed by atoms with van der Waals surface area (Å²) < 4.78 is 7.27. The quantitative estimate of drug-likeness (QED) is 0.878. The van der Waals surface area contributed by atoms with Gasteiger partial charge in [-0.3, -0.25) is 9.80 Å². The number of ether oxygens (including phenoxy) is 1. The van der Waals surface area contributed by atoms with Gasteiger partial charge >= 0.3 is 0 Å². The van der Waals surface area contributed by atoms with Crippen LogP contribution < -0.4 is 0 Å². The molecule has 0 radical (unpaired) electrons. The molecule has 0 aliphatic carbocycles. The van der Waals surface area contributed by atoms with Gasteiger partial charge in [-0.25, -0.2) is 9.50 Å². The van der Waals surface area contributed by atoms with Gasteiger partial charge in [0.2, 0.25) is 0 Å². The molecule has 2 saturated heterocycles. The highest BCUT2D eigenvalue weighted by Crippen LogP contribution is 2.18. The number of nitrogens with zero attached hydrogens (tertiary/aromatic N) is 5. The van der Waals surface area contributed by atoms with Crippen LogP contribution in [0.15, 0.2) is 24.7 Å². The maximum Gasteiger partial charge on any atom is 0.159 e. The lowest BCUT2D eigenvalue weighted by Crippen LogP contribution is -2.43. The van der Waals surface area contributed by atoms with Crippen molar-refractivity contribution in [1.29, 1.82) is 0 Å². The predicted octanol–water partition coefficient (Wildman–Crippen LogP) is 0.387. The first-order chi connectivity index (χ1) is 11.8. The average molecular weight is 331 g/mol. The lowest BCUT2D eigenvalue weighted by atomic mass is 10.1. The standard InChI is InChI=1S/C17H25N5O2/c23-16-12-20(6-7-21(13-16)15-2-8-24-9-3-15)11-14-10-19-22-5-1-4-18-17(14)22/h1,4-5,10,15-16,23H,2-3,6-9,11-13H2. The minimum atomic E-state index is -0.315. The zero-order valence-electron chi connectivity index (χ0n) is 13.9. The minimum absolute atomic E-state index is 0.315. The largest absolute Gasteiger partial charge is 0.390 e. The van der Waals surface area contributed by atoms with Crippen LogP contribution in [0.5, 0.6) is 0 Å². The molecule has 2 aromatic heterocycles. The van der Waals surface area contributed by atoms with Gasteiger partial charge in [0, 0.05) is 69.9 Å². The molecule has 1 unspecified atom stereocenters. The van der Waals surface area contributed by atoms with E-state index in [0.717, 1.165) is 63.4 Å². The molecule has 7 nitrogen and oxygen atoms in total. The molecule has 4 rings (SSSR count). The first-order valence-corrected chi connectivity index (χ1v) is 8.79. The van der Waals surface area contributed by atoms with E-state index in [1.165, 1.54) is 0 Å². The summed E-state index contributed by atoms with van der Waals surface area (Å²) in [6.45, 7) is 5.87. The molecule has 0 bridgehead atoms. The summed E-state index contributed by atoms with van der Waals surface area (Å²) in [4.78, 5) is 9.19. The lowest BCUT2D eigenvalue weighted by molar-refractivity contribution is 0.0217. The van der Waals surface area contributed by atoms with Crippen LogP contribution in [0, 0.1) is 0 Å². The Balaban J connectivity index is 1.43. The second-order valence-electron chi connectivity index (χ2n) is 6.79. The molecule has 0 spiro atoms. The topological polar surface area (TPSA) is 66.1 Å². The van der Waals surface area contributed by atoms with E-state index < -0.39 is 0 Å². The highest BCUT2D eigenvalue weighted by molar-refractivity contribution is 5.45. The number of aliphatic hydroxyl groups excluding tert-OH is 1. The van der Waals surface area contributed by atoms with Crippen molar-refractivity contribution in [2.75, 3.05) is 39.4 Å². The van der Waals surface area contributed by atoms with E-state index in [0.29, 0.717) is 12.6 Å². The van der Waals surface area contributed by atoms with Gasteiger partial charge in [-0.2, -0.15) is 5.10 Å². The summed E-state index contributed by atoms with van der Waals surface area (Å²) >= 11 is 0. The zero-order valence-corrected chi connectivity index (χ0v) is 13.9. The average Bonchev–Trinajstić information content (AvgIpc) is 2.92. The van der Waals surface area contributed by atoms with Crippen LogP contribution in [-0.2, 0) is 11.3 Å². The molecule has 1 atom stereocenters. The van der Waals surface area contributed by atoms with Crippen LogP contribution in [-0.4, -0.2) is 81.0 Å². The molecular weight excluding hydrogens is 306 g/mol. The number of β-amino-alcohol motifs (C(OH)–C–C–N with tert-alkyl or cyclic N) is 1. The highest BCUT2D eigenvalue weighted by Gasteiger charge is 2.28. The van der Waals surface area contributed by atoms with E-state index in [1.807, 2.05) is 18.5 Å². The Morgan fingerprint density at radius 2 is 2.08 bits per heavy atom. The molecule has 2 fully saturated rings. The Labute approximate surface area is 141 Å². The molecule has 130 valence electrons. The number of hydrogen-bond acceptors (Lipinski definition) is 6. The van der Waals surface area contributed by atoms with Gasteiger partial charge in [0.1, 0.15) is 0 Å². The van der Waals surface area contributed by atoms with Crippen molar-refractivity contribution in [1.82, 2.24) is 24.4 Å². The Hall–Kier alpha value is -1.54. The number of rotatable bonds is 3. The van der Waals surface area contributed by atoms with Gasteiger partial charge in [-0.1, -0.05) is 0 Å². The van der Waals surface area contributed by atoms with Crippen LogP contribution in [0.4, 0.5) is 0 Å². The van der Waals surface area contributed by atoms with E-state index in [9.17, 15) is 5.11 Å². The molecule has 2 aliphatic heterocycles. The molecule has 7 heteroatoms. The number of aromatic nitrogens is 3. The van der Waals surface area contributed by atoms with E-state index in [1.54, 1.807) is 10.7 Å². The Kier molecular flexibility index (Phi) is 4.75. The molecule has 2 aliphatic rings. The van der Waals surface area contributed by atoms with Gasteiger partial charge < -0.3 is 9.84 Å². The zero-order chi connectivity index (χ0) is 16.4. The predicted molar refractivity (Wildman–Crippen MR) is 89.7 cm³/mol. The molecule has 4 heterocycles. The van der Waals surface area contributed by atoms with Crippen molar-refractivity contribution in [2.45, 2.75) is 31.5 Å². The van der Waals surface area contributed by atoms with E-state index in [2.05, 4.69) is 19.9 Å². The number of hydrogen-bond donors (Lipinski definition) is 1. The molecule has 1 N–H and O–H groups in total. The van der Waals surface area contributed by atoms with Gasteiger partial charge in [0.15, 0.2) is 5.65 Å². The van der Waals surface area contributed by atoms with Gasteiger partial charge in [0.05, 0.1) is 12.3 Å². The van der Waals surface area contributed by atoms with Crippen LogP contribution in [0.1, 0.15) is 18.4 Å². The Bertz CT molecular complexity index is 670. The SMILES string of the molecule is OC1CN(Cc2cnn3cccnc23)CCN(C2CCOCC2)C1. The highest BCUT2D eigenvalue weighted by atomic mass is 16.5. The molecule has 24 heavy (non-hydrogen) atoms. The summed E-state index contributed by atoms with van der Waals surface area (Å²) in [5.74, 6) is 0. The molecular formula is C17H25N5O2. The molecule has 0 saturated carbocycles. The fourth-order valence-corrected chi connectivity index (χ4v) is 3.83. The molecule has 2 aromatic rings. The first-order valence-electron chi connectivity index (χ1n) is 8.79. The van der Waals surface area contributed by atoms with E-state index in [4.69, 9.17) is 4.74 Å². The third-order valence-corrected chi connectivity index (χ3v) is 5.07. The van der Waals surface area contributed by atoms with E-state index in [-0.39, 0.29) is 6.10 Å². The maximum atomic E-state index is 10.5. The van der Waals surface area contributed by atoms with Gasteiger partial charge in [-0.05, 0) is 18.9 Å². The van der Waals surface area contributed by atoms with Gasteiger partial charge in [-0.15, -0.1) is 0 Å². The fourth-order valence-electron chi connectivity index (χ4n) is 3.83. The third kappa shape index (κ3) is 3.44. The summed E-state index contributed by atoms with van der Waals surface area (Å²) in [6.07, 6.45) is 7.43. The van der Waals surface area contributed by atoms with Crippen LogP contribution in [0.25, 0.3) is 5.65 Å². The van der Waals surface area contributed by atoms with E-state index >= 15 is 0 Å². The van der Waals surface area contributed by atoms with Crippen LogP contribution in [0.3, 0.4) is 0 Å². The summed E-state index contributed by atoms with van der Waals surface area (Å²) in [5, 5.41) is 14.8. The Morgan fingerprint density at radius 3 is 2.96 bits per heavy atom. The van der Waals surface area contributed by atoms with Gasteiger partial charge in [0.25, 0.3) is 0 Å². The summed E-state index contributed by atoms with van der Waals surface area (Å²) in [5.41, 5.74) is 2.01. The monoisotopic (exact) mass is 331 g/mol. The number of fused-ring (bicyclic) bond motifs is 1. The first kappa shape index (κ1) is 16.0. The lowest BCUT2D eigenvalue weighted by Gasteiger charge is -2.33. The van der Waals surface area contributed by atoms with Crippen molar-refractivity contribution in [3.05, 3.63) is 30.2 Å². The second kappa shape index (κ2) is 7.14. The molecule has 0 aromatic carbocycles. The van der Waals surface area contributed by atoms with Crippen molar-refractivity contribution < 1.29 is 9.84 Å². The third-order valence-electron chi connectivity index (χ3n) is 5.07.